The summed E-state index contributed by atoms with van der Waals surface area (Å²) in [5.41, 5.74) is 3.43. The summed E-state index contributed by atoms with van der Waals surface area (Å²) in [4.78, 5) is 41.8. The fourth-order valence-corrected chi connectivity index (χ4v) is 6.52. The number of rotatable bonds is 7. The van der Waals surface area contributed by atoms with E-state index in [-0.39, 0.29) is 18.0 Å². The van der Waals surface area contributed by atoms with E-state index in [1.807, 2.05) is 24.3 Å². The number of allylic oxidation sites excluding steroid dienone is 1. The van der Waals surface area contributed by atoms with Crippen LogP contribution in [-0.2, 0) is 30.6 Å². The highest BCUT2D eigenvalue weighted by atomic mass is 32.1. The minimum absolute atomic E-state index is 0.0822. The Kier molecular flexibility index (Phi) is 6.55. The SMILES string of the molecule is CCc1ccc(-n2c(=O)c3c4c(sc3n(CC(=O)NCCC3=CCCCC3)c2=O)CCC4)cc1. The Morgan fingerprint density at radius 1 is 1.06 bits per heavy atom. The normalized spacial score (nSPS) is 15.4. The molecule has 5 rings (SSSR count). The van der Waals surface area contributed by atoms with E-state index in [4.69, 9.17) is 0 Å². The Morgan fingerprint density at radius 3 is 2.62 bits per heavy atom. The molecule has 2 heterocycles. The lowest BCUT2D eigenvalue weighted by molar-refractivity contribution is -0.121. The van der Waals surface area contributed by atoms with Crippen molar-refractivity contribution in [3.8, 4) is 5.69 Å². The Balaban J connectivity index is 1.50. The van der Waals surface area contributed by atoms with Crippen LogP contribution in [0.2, 0.25) is 0 Å². The third-order valence-electron chi connectivity index (χ3n) is 7.04. The van der Waals surface area contributed by atoms with Crippen LogP contribution >= 0.6 is 11.3 Å². The molecule has 0 atom stereocenters. The summed E-state index contributed by atoms with van der Waals surface area (Å²) in [5.74, 6) is -0.195. The number of carbonyl (C=O) groups is 1. The van der Waals surface area contributed by atoms with E-state index in [1.165, 1.54) is 43.8 Å². The second-order valence-corrected chi connectivity index (χ2v) is 10.4. The average Bonchev–Trinajstić information content (AvgIpc) is 3.44. The second kappa shape index (κ2) is 9.74. The van der Waals surface area contributed by atoms with Crippen molar-refractivity contribution in [1.82, 2.24) is 14.5 Å². The van der Waals surface area contributed by atoms with E-state index >= 15 is 0 Å². The number of nitrogens with one attached hydrogen (secondary N) is 1. The maximum absolute atomic E-state index is 13.6. The van der Waals surface area contributed by atoms with Crippen molar-refractivity contribution in [3.63, 3.8) is 0 Å². The molecule has 2 aliphatic rings. The van der Waals surface area contributed by atoms with Gasteiger partial charge in [0.15, 0.2) is 0 Å². The molecule has 0 bridgehead atoms. The quantitative estimate of drug-likeness (QED) is 0.517. The van der Waals surface area contributed by atoms with Crippen LogP contribution in [-0.4, -0.2) is 21.6 Å². The fraction of sp³-hybridized carbons (Fsp3) is 0.444. The number of carbonyl (C=O) groups excluding carboxylic acids is 1. The summed E-state index contributed by atoms with van der Waals surface area (Å²) in [6.07, 6.45) is 11.5. The van der Waals surface area contributed by atoms with Crippen molar-refractivity contribution < 1.29 is 4.79 Å². The van der Waals surface area contributed by atoms with Gasteiger partial charge in [-0.05, 0) is 81.0 Å². The molecule has 0 unspecified atom stereocenters. The molecule has 7 heteroatoms. The average molecular weight is 478 g/mol. The zero-order valence-corrected chi connectivity index (χ0v) is 20.5. The number of amides is 1. The van der Waals surface area contributed by atoms with Crippen LogP contribution in [0.4, 0.5) is 0 Å². The van der Waals surface area contributed by atoms with E-state index < -0.39 is 5.69 Å². The monoisotopic (exact) mass is 477 g/mol. The minimum Gasteiger partial charge on any atom is -0.354 e. The lowest BCUT2D eigenvalue weighted by atomic mass is 9.97. The van der Waals surface area contributed by atoms with Crippen LogP contribution < -0.4 is 16.6 Å². The van der Waals surface area contributed by atoms with Gasteiger partial charge in [0.05, 0.1) is 11.1 Å². The predicted molar refractivity (Wildman–Crippen MR) is 137 cm³/mol. The Labute approximate surface area is 202 Å². The summed E-state index contributed by atoms with van der Waals surface area (Å²) in [6, 6.07) is 7.53. The van der Waals surface area contributed by atoms with Crippen molar-refractivity contribution >= 4 is 27.5 Å². The first-order valence-electron chi connectivity index (χ1n) is 12.4. The van der Waals surface area contributed by atoms with E-state index in [1.54, 1.807) is 0 Å². The largest absolute Gasteiger partial charge is 0.354 e. The van der Waals surface area contributed by atoms with E-state index in [2.05, 4.69) is 18.3 Å². The number of thiophene rings is 1. The number of nitrogens with zero attached hydrogens (tertiary/aromatic N) is 2. The van der Waals surface area contributed by atoms with Gasteiger partial charge in [0.2, 0.25) is 5.91 Å². The number of aromatic nitrogens is 2. The third kappa shape index (κ3) is 4.29. The van der Waals surface area contributed by atoms with Crippen molar-refractivity contribution in [3.05, 3.63) is 72.8 Å². The number of fused-ring (bicyclic) bond motifs is 3. The highest BCUT2D eigenvalue weighted by Crippen LogP contribution is 2.35. The maximum Gasteiger partial charge on any atom is 0.337 e. The first kappa shape index (κ1) is 22.8. The van der Waals surface area contributed by atoms with Gasteiger partial charge in [-0.3, -0.25) is 14.2 Å². The molecule has 2 aliphatic carbocycles. The highest BCUT2D eigenvalue weighted by Gasteiger charge is 2.25. The molecule has 34 heavy (non-hydrogen) atoms. The van der Waals surface area contributed by atoms with Gasteiger partial charge in [0.1, 0.15) is 11.4 Å². The minimum atomic E-state index is -0.452. The summed E-state index contributed by atoms with van der Waals surface area (Å²) >= 11 is 1.50. The summed E-state index contributed by atoms with van der Waals surface area (Å²) in [7, 11) is 0. The molecule has 1 amide bonds. The summed E-state index contributed by atoms with van der Waals surface area (Å²) in [5, 5.41) is 3.59. The molecule has 3 aromatic rings. The van der Waals surface area contributed by atoms with Crippen LogP contribution in [0.1, 0.15) is 61.5 Å². The lowest BCUT2D eigenvalue weighted by Gasteiger charge is -2.14. The molecule has 0 saturated heterocycles. The smallest absolute Gasteiger partial charge is 0.337 e. The van der Waals surface area contributed by atoms with Crippen LogP contribution in [0, 0.1) is 0 Å². The molecule has 1 N–H and O–H groups in total. The van der Waals surface area contributed by atoms with Crippen LogP contribution in [0.5, 0.6) is 0 Å². The van der Waals surface area contributed by atoms with Gasteiger partial charge in [-0.25, -0.2) is 9.36 Å². The van der Waals surface area contributed by atoms with Gasteiger partial charge in [0, 0.05) is 11.4 Å². The Bertz CT molecular complexity index is 1380. The second-order valence-electron chi connectivity index (χ2n) is 9.27. The standard InChI is InChI=1S/C27H31N3O3S/c1-2-18-11-13-20(14-12-18)30-25(32)24-21-9-6-10-22(21)34-26(24)29(27(30)33)17-23(31)28-16-15-19-7-4-3-5-8-19/h7,11-14H,2-6,8-10,15-17H2,1H3,(H,28,31). The van der Waals surface area contributed by atoms with Crippen molar-refractivity contribution in [2.24, 2.45) is 0 Å². The van der Waals surface area contributed by atoms with Gasteiger partial charge in [-0.2, -0.15) is 0 Å². The Morgan fingerprint density at radius 2 is 1.88 bits per heavy atom. The first-order chi connectivity index (χ1) is 16.6. The van der Waals surface area contributed by atoms with E-state index in [9.17, 15) is 14.4 Å². The Hall–Kier alpha value is -2.93. The predicted octanol–water partition coefficient (Wildman–Crippen LogP) is 4.27. The molecule has 1 aromatic carbocycles. The molecule has 0 aliphatic heterocycles. The number of hydrogen-bond donors (Lipinski definition) is 1. The van der Waals surface area contributed by atoms with Crippen LogP contribution in [0.15, 0.2) is 45.5 Å². The lowest BCUT2D eigenvalue weighted by Crippen LogP contribution is -2.41. The maximum atomic E-state index is 13.6. The van der Waals surface area contributed by atoms with Crippen molar-refractivity contribution in [2.75, 3.05) is 6.54 Å². The molecule has 6 nitrogen and oxygen atoms in total. The van der Waals surface area contributed by atoms with Crippen molar-refractivity contribution in [1.29, 1.82) is 0 Å². The van der Waals surface area contributed by atoms with Gasteiger partial charge < -0.3 is 5.32 Å². The van der Waals surface area contributed by atoms with E-state index in [0.717, 1.165) is 56.1 Å². The molecule has 0 saturated carbocycles. The number of benzene rings is 1. The molecular formula is C27H31N3O3S. The summed E-state index contributed by atoms with van der Waals surface area (Å²) < 4.78 is 2.75. The molecule has 0 radical (unpaired) electrons. The van der Waals surface area contributed by atoms with E-state index in [0.29, 0.717) is 22.4 Å². The number of hydrogen-bond acceptors (Lipinski definition) is 4. The highest BCUT2D eigenvalue weighted by molar-refractivity contribution is 7.19. The van der Waals surface area contributed by atoms with Gasteiger partial charge >= 0.3 is 5.69 Å². The van der Waals surface area contributed by atoms with Gasteiger partial charge in [0.25, 0.3) is 5.56 Å². The van der Waals surface area contributed by atoms with Crippen molar-refractivity contribution in [2.45, 2.75) is 71.3 Å². The topological polar surface area (TPSA) is 73.1 Å². The molecule has 0 spiro atoms. The zero-order valence-electron chi connectivity index (χ0n) is 19.7. The zero-order chi connectivity index (χ0) is 23.7. The fourth-order valence-electron chi connectivity index (χ4n) is 5.15. The van der Waals surface area contributed by atoms with Gasteiger partial charge in [-0.15, -0.1) is 11.3 Å². The van der Waals surface area contributed by atoms with Crippen LogP contribution in [0.3, 0.4) is 0 Å². The molecule has 0 fully saturated rings. The summed E-state index contributed by atoms with van der Waals surface area (Å²) in [6.45, 7) is 2.56. The molecule has 178 valence electrons. The molecule has 2 aromatic heterocycles. The van der Waals surface area contributed by atoms with Gasteiger partial charge in [-0.1, -0.05) is 30.7 Å². The first-order valence-corrected chi connectivity index (χ1v) is 13.2. The molecular weight excluding hydrogens is 446 g/mol. The van der Waals surface area contributed by atoms with Crippen LogP contribution in [0.25, 0.3) is 15.9 Å². The number of aryl methyl sites for hydroxylation is 3. The third-order valence-corrected chi connectivity index (χ3v) is 8.36.